The summed E-state index contributed by atoms with van der Waals surface area (Å²) in [5.74, 6) is 0.629. The van der Waals surface area contributed by atoms with Crippen molar-refractivity contribution in [1.82, 2.24) is 15.1 Å². The lowest BCUT2D eigenvalue weighted by molar-refractivity contribution is 0.529. The van der Waals surface area contributed by atoms with Crippen molar-refractivity contribution in [3.05, 3.63) is 51.8 Å². The lowest BCUT2D eigenvalue weighted by Gasteiger charge is -2.12. The van der Waals surface area contributed by atoms with Crippen LogP contribution in [0.3, 0.4) is 0 Å². The van der Waals surface area contributed by atoms with Crippen LogP contribution in [0.15, 0.2) is 30.5 Å². The maximum atomic E-state index is 6.20. The van der Waals surface area contributed by atoms with Gasteiger partial charge in [0.25, 0.3) is 0 Å². The van der Waals surface area contributed by atoms with E-state index in [4.69, 9.17) is 23.2 Å². The summed E-state index contributed by atoms with van der Waals surface area (Å²) in [6.45, 7) is 6.74. The Labute approximate surface area is 129 Å². The molecule has 2 rings (SSSR count). The first-order valence-corrected chi connectivity index (χ1v) is 7.48. The molecule has 3 nitrogen and oxygen atoms in total. The van der Waals surface area contributed by atoms with E-state index in [0.717, 1.165) is 24.3 Å². The van der Waals surface area contributed by atoms with E-state index in [9.17, 15) is 0 Å². The average Bonchev–Trinajstić information content (AvgIpc) is 2.81. The zero-order valence-electron chi connectivity index (χ0n) is 11.7. The van der Waals surface area contributed by atoms with Crippen molar-refractivity contribution in [2.45, 2.75) is 26.9 Å². The maximum Gasteiger partial charge on any atom is 0.0692 e. The molecule has 0 fully saturated rings. The second-order valence-electron chi connectivity index (χ2n) is 5.21. The number of rotatable bonds is 6. The molecular formula is C15H19Cl2N3. The highest BCUT2D eigenvalue weighted by Crippen LogP contribution is 2.25. The summed E-state index contributed by atoms with van der Waals surface area (Å²) >= 11 is 12.4. The molecular weight excluding hydrogens is 293 g/mol. The predicted molar refractivity (Wildman–Crippen MR) is 84.3 cm³/mol. The van der Waals surface area contributed by atoms with Crippen molar-refractivity contribution in [3.63, 3.8) is 0 Å². The Morgan fingerprint density at radius 3 is 2.55 bits per heavy atom. The van der Waals surface area contributed by atoms with Gasteiger partial charge in [-0.1, -0.05) is 43.1 Å². The molecule has 0 bridgehead atoms. The smallest absolute Gasteiger partial charge is 0.0692 e. The Morgan fingerprint density at radius 2 is 1.90 bits per heavy atom. The topological polar surface area (TPSA) is 29.9 Å². The van der Waals surface area contributed by atoms with Crippen molar-refractivity contribution >= 4 is 23.2 Å². The number of hydrogen-bond acceptors (Lipinski definition) is 2. The third-order valence-electron chi connectivity index (χ3n) is 3.03. The molecule has 2 aromatic rings. The number of halogens is 2. The van der Waals surface area contributed by atoms with Gasteiger partial charge in [-0.25, -0.2) is 0 Å². The molecule has 0 aliphatic carbocycles. The van der Waals surface area contributed by atoms with Crippen LogP contribution < -0.4 is 5.32 Å². The van der Waals surface area contributed by atoms with Gasteiger partial charge in [-0.2, -0.15) is 5.10 Å². The lowest BCUT2D eigenvalue weighted by Crippen LogP contribution is -2.21. The molecule has 0 saturated carbocycles. The van der Waals surface area contributed by atoms with Crippen molar-refractivity contribution < 1.29 is 0 Å². The molecule has 1 aromatic carbocycles. The highest BCUT2D eigenvalue weighted by molar-refractivity contribution is 6.35. The normalized spacial score (nSPS) is 11.2. The number of nitrogens with one attached hydrogen (secondary N) is 1. The lowest BCUT2D eigenvalue weighted by atomic mass is 10.2. The second kappa shape index (κ2) is 7.11. The van der Waals surface area contributed by atoms with Gasteiger partial charge in [0.2, 0.25) is 0 Å². The fourth-order valence-corrected chi connectivity index (χ4v) is 2.49. The summed E-state index contributed by atoms with van der Waals surface area (Å²) in [6, 6.07) is 7.56. The molecule has 1 N–H and O–H groups in total. The monoisotopic (exact) mass is 311 g/mol. The van der Waals surface area contributed by atoms with E-state index in [1.165, 1.54) is 0 Å². The summed E-state index contributed by atoms with van der Waals surface area (Å²) in [7, 11) is 0. The Kier molecular flexibility index (Phi) is 5.46. The van der Waals surface area contributed by atoms with Gasteiger partial charge in [0.1, 0.15) is 0 Å². The van der Waals surface area contributed by atoms with Gasteiger partial charge in [-0.05, 0) is 30.7 Å². The minimum atomic E-state index is 0.587. The van der Waals surface area contributed by atoms with Gasteiger partial charge in [0.05, 0.1) is 12.2 Å². The minimum Gasteiger partial charge on any atom is -0.311 e. The van der Waals surface area contributed by atoms with Gasteiger partial charge in [0, 0.05) is 28.4 Å². The van der Waals surface area contributed by atoms with Gasteiger partial charge in [0.15, 0.2) is 0 Å². The first kappa shape index (κ1) is 15.4. The average molecular weight is 312 g/mol. The molecule has 0 aliphatic heterocycles. The van der Waals surface area contributed by atoms with Gasteiger partial charge >= 0.3 is 0 Å². The highest BCUT2D eigenvalue weighted by atomic mass is 35.5. The van der Waals surface area contributed by atoms with Crippen LogP contribution in [0, 0.1) is 5.92 Å². The summed E-state index contributed by atoms with van der Waals surface area (Å²) in [5.41, 5.74) is 2.03. The van der Waals surface area contributed by atoms with Crippen LogP contribution in [0.5, 0.6) is 0 Å². The standard InChI is InChI=1S/C15H19Cl2N3/c1-11(2)8-18-9-12-6-7-19-20(12)10-13-14(16)4-3-5-15(13)17/h3-7,11,18H,8-10H2,1-2H3. The van der Waals surface area contributed by atoms with E-state index in [2.05, 4.69) is 24.3 Å². The number of aromatic nitrogens is 2. The van der Waals surface area contributed by atoms with Crippen LogP contribution in [-0.4, -0.2) is 16.3 Å². The Morgan fingerprint density at radius 1 is 1.20 bits per heavy atom. The maximum absolute atomic E-state index is 6.20. The fourth-order valence-electron chi connectivity index (χ4n) is 1.97. The fraction of sp³-hybridized carbons (Fsp3) is 0.400. The number of nitrogens with zero attached hydrogens (tertiary/aromatic N) is 2. The molecule has 0 spiro atoms. The zero-order valence-corrected chi connectivity index (χ0v) is 13.2. The quantitative estimate of drug-likeness (QED) is 0.874. The zero-order chi connectivity index (χ0) is 14.5. The van der Waals surface area contributed by atoms with Crippen LogP contribution in [0.2, 0.25) is 10.0 Å². The van der Waals surface area contributed by atoms with Gasteiger partial charge < -0.3 is 5.32 Å². The predicted octanol–water partition coefficient (Wildman–Crippen LogP) is 3.98. The molecule has 108 valence electrons. The number of benzene rings is 1. The third kappa shape index (κ3) is 3.98. The molecule has 0 atom stereocenters. The van der Waals surface area contributed by atoms with E-state index in [-0.39, 0.29) is 0 Å². The molecule has 0 radical (unpaired) electrons. The Bertz CT molecular complexity index is 544. The first-order valence-electron chi connectivity index (χ1n) is 6.72. The SMILES string of the molecule is CC(C)CNCc1ccnn1Cc1c(Cl)cccc1Cl. The summed E-state index contributed by atoms with van der Waals surface area (Å²) in [4.78, 5) is 0. The van der Waals surface area contributed by atoms with Crippen LogP contribution in [0.4, 0.5) is 0 Å². The van der Waals surface area contributed by atoms with Crippen molar-refractivity contribution in [2.75, 3.05) is 6.54 Å². The van der Waals surface area contributed by atoms with Crippen molar-refractivity contribution in [2.24, 2.45) is 5.92 Å². The van der Waals surface area contributed by atoms with Crippen LogP contribution >= 0.6 is 23.2 Å². The van der Waals surface area contributed by atoms with Crippen molar-refractivity contribution in [3.8, 4) is 0 Å². The molecule has 0 saturated heterocycles. The summed E-state index contributed by atoms with van der Waals surface area (Å²) in [6.07, 6.45) is 1.80. The molecule has 1 heterocycles. The van der Waals surface area contributed by atoms with Crippen LogP contribution in [0.25, 0.3) is 0 Å². The van der Waals surface area contributed by atoms with Gasteiger partial charge in [-0.3, -0.25) is 4.68 Å². The van der Waals surface area contributed by atoms with Crippen molar-refractivity contribution in [1.29, 1.82) is 0 Å². The molecule has 1 aromatic heterocycles. The number of hydrogen-bond donors (Lipinski definition) is 1. The molecule has 5 heteroatoms. The first-order chi connectivity index (χ1) is 9.58. The summed E-state index contributed by atoms with van der Waals surface area (Å²) in [5, 5.41) is 9.12. The van der Waals surface area contributed by atoms with E-state index in [0.29, 0.717) is 22.5 Å². The van der Waals surface area contributed by atoms with Crippen LogP contribution in [-0.2, 0) is 13.1 Å². The molecule has 0 unspecified atom stereocenters. The highest BCUT2D eigenvalue weighted by Gasteiger charge is 2.09. The Balaban J connectivity index is 2.09. The van der Waals surface area contributed by atoms with E-state index in [1.54, 1.807) is 6.20 Å². The largest absolute Gasteiger partial charge is 0.311 e. The second-order valence-corrected chi connectivity index (χ2v) is 6.02. The van der Waals surface area contributed by atoms with E-state index in [1.807, 2.05) is 28.9 Å². The van der Waals surface area contributed by atoms with E-state index >= 15 is 0 Å². The van der Waals surface area contributed by atoms with Gasteiger partial charge in [-0.15, -0.1) is 0 Å². The molecule has 0 amide bonds. The minimum absolute atomic E-state index is 0.587. The summed E-state index contributed by atoms with van der Waals surface area (Å²) < 4.78 is 1.93. The van der Waals surface area contributed by atoms with Crippen LogP contribution in [0.1, 0.15) is 25.1 Å². The molecule has 0 aliphatic rings. The Hall–Kier alpha value is -1.03. The third-order valence-corrected chi connectivity index (χ3v) is 3.74. The van der Waals surface area contributed by atoms with E-state index < -0.39 is 0 Å². The molecule has 20 heavy (non-hydrogen) atoms.